The summed E-state index contributed by atoms with van der Waals surface area (Å²) in [5, 5.41) is 4.55. The summed E-state index contributed by atoms with van der Waals surface area (Å²) in [7, 11) is -3.58. The van der Waals surface area contributed by atoms with Crippen LogP contribution in [-0.4, -0.2) is 48.7 Å². The lowest BCUT2D eigenvalue weighted by Gasteiger charge is -2.23. The Morgan fingerprint density at radius 1 is 0.818 bits per heavy atom. The van der Waals surface area contributed by atoms with Crippen molar-refractivity contribution in [2.75, 3.05) is 31.1 Å². The highest BCUT2D eigenvalue weighted by Crippen LogP contribution is 2.25. The molecular weight excluding hydrogens is 436 g/mol. The molecule has 0 amide bonds. The lowest BCUT2D eigenvalue weighted by molar-refractivity contribution is 0.433. The second-order valence-electron chi connectivity index (χ2n) is 9.30. The van der Waals surface area contributed by atoms with Gasteiger partial charge in [-0.2, -0.15) is 8.99 Å². The molecule has 8 heteroatoms. The van der Waals surface area contributed by atoms with E-state index >= 15 is 0 Å². The molecule has 3 aromatic rings. The molecule has 1 fully saturated rings. The second kappa shape index (κ2) is 9.11. The monoisotopic (exact) mass is 466 g/mol. The van der Waals surface area contributed by atoms with Crippen molar-refractivity contribution < 1.29 is 8.42 Å². The summed E-state index contributed by atoms with van der Waals surface area (Å²) < 4.78 is 29.5. The summed E-state index contributed by atoms with van der Waals surface area (Å²) in [5.74, 6) is 0.659. The molecule has 2 aromatic carbocycles. The molecule has 1 aliphatic heterocycles. The number of hydrogen-bond donors (Lipinski definition) is 0. The van der Waals surface area contributed by atoms with Crippen LogP contribution in [0.25, 0.3) is 5.69 Å². The van der Waals surface area contributed by atoms with Crippen molar-refractivity contribution in [3.05, 3.63) is 82.6 Å². The third kappa shape index (κ3) is 5.02. The minimum atomic E-state index is -3.58. The number of hydrogen-bond acceptors (Lipinski definition) is 5. The number of aromatic nitrogens is 2. The van der Waals surface area contributed by atoms with E-state index in [1.54, 1.807) is 22.5 Å². The summed E-state index contributed by atoms with van der Waals surface area (Å²) in [4.78, 5) is 14.7. The molecule has 174 valence electrons. The first-order chi connectivity index (χ1) is 15.7. The Morgan fingerprint density at radius 3 is 2.18 bits per heavy atom. The molecule has 0 radical (unpaired) electrons. The lowest BCUT2D eigenvalue weighted by Crippen LogP contribution is -2.36. The first kappa shape index (κ1) is 23.2. The van der Waals surface area contributed by atoms with Gasteiger partial charge in [-0.1, -0.05) is 51.1 Å². The predicted octanol–water partition coefficient (Wildman–Crippen LogP) is 3.43. The molecule has 1 aromatic heterocycles. The third-order valence-corrected chi connectivity index (χ3v) is 7.84. The number of para-hydroxylation sites is 1. The van der Waals surface area contributed by atoms with Crippen molar-refractivity contribution in [2.45, 2.75) is 37.5 Å². The first-order valence-electron chi connectivity index (χ1n) is 11.2. The Kier molecular flexibility index (Phi) is 6.41. The van der Waals surface area contributed by atoms with Crippen molar-refractivity contribution in [2.24, 2.45) is 0 Å². The van der Waals surface area contributed by atoms with Crippen LogP contribution in [0.3, 0.4) is 0 Å². The van der Waals surface area contributed by atoms with Crippen LogP contribution in [0.1, 0.15) is 32.8 Å². The summed E-state index contributed by atoms with van der Waals surface area (Å²) in [6, 6.07) is 19.7. The molecule has 1 saturated heterocycles. The van der Waals surface area contributed by atoms with E-state index in [1.165, 1.54) is 10.7 Å². The van der Waals surface area contributed by atoms with Gasteiger partial charge in [-0.05, 0) is 47.7 Å². The average molecular weight is 467 g/mol. The fourth-order valence-corrected chi connectivity index (χ4v) is 5.43. The first-order valence-corrected chi connectivity index (χ1v) is 12.6. The number of nitrogens with zero attached hydrogens (tertiary/aromatic N) is 4. The Bertz CT molecular complexity index is 1260. The van der Waals surface area contributed by atoms with Crippen molar-refractivity contribution in [1.29, 1.82) is 0 Å². The van der Waals surface area contributed by atoms with Crippen LogP contribution >= 0.6 is 0 Å². The van der Waals surface area contributed by atoms with Crippen LogP contribution in [0.5, 0.6) is 0 Å². The molecule has 0 N–H and O–H groups in total. The van der Waals surface area contributed by atoms with Gasteiger partial charge in [0, 0.05) is 32.2 Å². The predicted molar refractivity (Wildman–Crippen MR) is 131 cm³/mol. The average Bonchev–Trinajstić information content (AvgIpc) is 3.06. The maximum Gasteiger partial charge on any atom is 0.271 e. The molecule has 0 bridgehead atoms. The van der Waals surface area contributed by atoms with Crippen LogP contribution < -0.4 is 10.5 Å². The molecule has 0 spiro atoms. The van der Waals surface area contributed by atoms with Gasteiger partial charge < -0.3 is 4.90 Å². The summed E-state index contributed by atoms with van der Waals surface area (Å²) in [6.45, 7) is 8.28. The molecule has 0 saturated carbocycles. The summed E-state index contributed by atoms with van der Waals surface area (Å²) in [5.41, 5.74) is 1.56. The second-order valence-corrected chi connectivity index (χ2v) is 11.2. The van der Waals surface area contributed by atoms with Crippen molar-refractivity contribution in [1.82, 2.24) is 14.1 Å². The lowest BCUT2D eigenvalue weighted by atomic mass is 9.87. The zero-order valence-corrected chi connectivity index (χ0v) is 20.1. The normalized spacial score (nSPS) is 15.9. The maximum atomic E-state index is 13.3. The van der Waals surface area contributed by atoms with Crippen molar-refractivity contribution in [3.63, 3.8) is 0 Å². The van der Waals surface area contributed by atoms with Gasteiger partial charge in [0.05, 0.1) is 10.6 Å². The Morgan fingerprint density at radius 2 is 1.52 bits per heavy atom. The van der Waals surface area contributed by atoms with E-state index in [2.05, 4.69) is 25.9 Å². The minimum absolute atomic E-state index is 0.0331. The molecule has 0 aliphatic carbocycles. The Labute approximate surface area is 195 Å². The minimum Gasteiger partial charge on any atom is -0.354 e. The fourth-order valence-electron chi connectivity index (χ4n) is 3.96. The molecule has 4 rings (SSSR count). The van der Waals surface area contributed by atoms with Gasteiger partial charge in [-0.15, -0.1) is 5.10 Å². The molecule has 1 aliphatic rings. The van der Waals surface area contributed by atoms with Crippen LogP contribution in [0.15, 0.2) is 76.4 Å². The van der Waals surface area contributed by atoms with E-state index in [9.17, 15) is 13.2 Å². The summed E-state index contributed by atoms with van der Waals surface area (Å²) in [6.07, 6.45) is 0.672. The highest BCUT2D eigenvalue weighted by molar-refractivity contribution is 7.89. The molecule has 33 heavy (non-hydrogen) atoms. The number of rotatable bonds is 4. The maximum absolute atomic E-state index is 13.3. The van der Waals surface area contributed by atoms with Crippen molar-refractivity contribution >= 4 is 15.8 Å². The molecule has 0 unspecified atom stereocenters. The van der Waals surface area contributed by atoms with Gasteiger partial charge in [0.15, 0.2) is 0 Å². The topological polar surface area (TPSA) is 75.5 Å². The van der Waals surface area contributed by atoms with Gasteiger partial charge in [-0.3, -0.25) is 4.79 Å². The molecular formula is C25H30N4O3S. The Hall–Kier alpha value is -2.97. The number of sulfonamides is 1. The van der Waals surface area contributed by atoms with E-state index in [0.717, 1.165) is 5.56 Å². The zero-order valence-electron chi connectivity index (χ0n) is 19.3. The highest BCUT2D eigenvalue weighted by atomic mass is 32.2. The van der Waals surface area contributed by atoms with E-state index in [-0.39, 0.29) is 11.0 Å². The molecule has 7 nitrogen and oxygen atoms in total. The van der Waals surface area contributed by atoms with E-state index in [1.807, 2.05) is 47.4 Å². The van der Waals surface area contributed by atoms with Crippen LogP contribution in [0, 0.1) is 0 Å². The van der Waals surface area contributed by atoms with Gasteiger partial charge in [0.2, 0.25) is 10.0 Å². The standard InChI is InChI=1S/C25H30N4O3S/c1-25(2,3)20-10-12-22(13-11-20)33(31,32)28-17-7-16-27(18-19-28)23-14-15-24(30)29(26-23)21-8-5-4-6-9-21/h4-6,8-15H,7,16-19H2,1-3H3. The van der Waals surface area contributed by atoms with Gasteiger partial charge in [-0.25, -0.2) is 8.42 Å². The van der Waals surface area contributed by atoms with Gasteiger partial charge >= 0.3 is 0 Å². The fraction of sp³-hybridized carbons (Fsp3) is 0.360. The van der Waals surface area contributed by atoms with E-state index in [4.69, 9.17) is 0 Å². The largest absolute Gasteiger partial charge is 0.354 e. The van der Waals surface area contributed by atoms with Gasteiger partial charge in [0.1, 0.15) is 5.82 Å². The van der Waals surface area contributed by atoms with Crippen LogP contribution in [-0.2, 0) is 15.4 Å². The number of benzene rings is 2. The van der Waals surface area contributed by atoms with E-state index < -0.39 is 10.0 Å². The molecule has 0 atom stereocenters. The zero-order chi connectivity index (χ0) is 23.6. The Balaban J connectivity index is 1.53. The van der Waals surface area contributed by atoms with Crippen molar-refractivity contribution in [3.8, 4) is 5.69 Å². The van der Waals surface area contributed by atoms with Crippen LogP contribution in [0.4, 0.5) is 5.82 Å². The quantitative estimate of drug-likeness (QED) is 0.589. The van der Waals surface area contributed by atoms with E-state index in [0.29, 0.717) is 49.0 Å². The SMILES string of the molecule is CC(C)(C)c1ccc(S(=O)(=O)N2CCCN(c3ccc(=O)n(-c4ccccc4)n3)CC2)cc1. The smallest absolute Gasteiger partial charge is 0.271 e. The highest BCUT2D eigenvalue weighted by Gasteiger charge is 2.28. The summed E-state index contributed by atoms with van der Waals surface area (Å²) >= 11 is 0. The number of anilines is 1. The third-order valence-electron chi connectivity index (χ3n) is 5.92. The van der Waals surface area contributed by atoms with Gasteiger partial charge in [0.25, 0.3) is 5.56 Å². The molecule has 2 heterocycles. The van der Waals surface area contributed by atoms with Crippen LogP contribution in [0.2, 0.25) is 0 Å².